The zero-order chi connectivity index (χ0) is 23.1. The number of fused-ring (bicyclic) bond motifs is 1. The molecule has 0 N–H and O–H groups in total. The van der Waals surface area contributed by atoms with Crippen molar-refractivity contribution in [2.75, 3.05) is 6.54 Å². The molecule has 1 amide bonds. The molecule has 1 aliphatic rings. The van der Waals surface area contributed by atoms with Gasteiger partial charge in [-0.2, -0.15) is 18.3 Å². The van der Waals surface area contributed by atoms with Gasteiger partial charge in [-0.1, -0.05) is 0 Å². The Morgan fingerprint density at radius 1 is 1.03 bits per heavy atom. The summed E-state index contributed by atoms with van der Waals surface area (Å²) in [7, 11) is 0. The third kappa shape index (κ3) is 5.27. The highest BCUT2D eigenvalue weighted by Crippen LogP contribution is 2.37. The number of rotatable bonds is 2. The summed E-state index contributed by atoms with van der Waals surface area (Å²) in [6, 6.07) is 5.90. The fraction of sp³-hybridized carbons (Fsp3) is 0.364. The van der Waals surface area contributed by atoms with Crippen molar-refractivity contribution in [2.24, 2.45) is 0 Å². The maximum atomic E-state index is 12.9. The fourth-order valence-corrected chi connectivity index (χ4v) is 3.53. The lowest BCUT2D eigenvalue weighted by molar-refractivity contribution is -0.141. The molecule has 0 saturated heterocycles. The van der Waals surface area contributed by atoms with Crippen LogP contribution in [0.2, 0.25) is 0 Å². The monoisotopic (exact) mass is 481 g/mol. The molecule has 4 heterocycles. The first-order valence-corrected chi connectivity index (χ1v) is 10.0. The van der Waals surface area contributed by atoms with Crippen LogP contribution in [0.4, 0.5) is 18.0 Å². The summed E-state index contributed by atoms with van der Waals surface area (Å²) < 4.78 is 46.1. The van der Waals surface area contributed by atoms with Gasteiger partial charge in [0.25, 0.3) is 0 Å². The Kier molecular flexibility index (Phi) is 6.69. The standard InChI is InChI=1S/C22H22F3N5O2.ClH/c1-21(2,3)32-20(31)29-10-11-30-16(13-29)18(14-6-8-26-9-7-14)19(28-30)15-4-5-17(27-12-15)22(23,24)25;/h4-9,12H,10-11,13H2,1-3H3;1H. The minimum absolute atomic E-state index is 0. The Morgan fingerprint density at radius 2 is 1.73 bits per heavy atom. The molecule has 3 aromatic heterocycles. The second-order valence-electron chi connectivity index (χ2n) is 8.46. The summed E-state index contributed by atoms with van der Waals surface area (Å²) in [5, 5.41) is 4.65. The van der Waals surface area contributed by atoms with Gasteiger partial charge in [0.2, 0.25) is 0 Å². The molecule has 0 spiro atoms. The molecule has 11 heteroatoms. The second-order valence-corrected chi connectivity index (χ2v) is 8.46. The molecule has 0 fully saturated rings. The van der Waals surface area contributed by atoms with Crippen molar-refractivity contribution in [3.8, 4) is 22.4 Å². The number of hydrogen-bond donors (Lipinski definition) is 0. The lowest BCUT2D eigenvalue weighted by Gasteiger charge is -2.30. The number of carbonyl (C=O) groups is 1. The molecule has 0 aromatic carbocycles. The SMILES string of the molecule is CC(C)(C)OC(=O)N1CCn2nc(-c3ccc(C(F)(F)F)nc3)c(-c3ccncc3)c2C1.Cl. The summed E-state index contributed by atoms with van der Waals surface area (Å²) >= 11 is 0. The average molecular weight is 482 g/mol. The van der Waals surface area contributed by atoms with Gasteiger partial charge < -0.3 is 9.64 Å². The van der Waals surface area contributed by atoms with Gasteiger partial charge in [-0.15, -0.1) is 12.4 Å². The lowest BCUT2D eigenvalue weighted by Crippen LogP contribution is -2.41. The van der Waals surface area contributed by atoms with Gasteiger partial charge >= 0.3 is 12.3 Å². The number of amides is 1. The van der Waals surface area contributed by atoms with Crippen LogP contribution in [-0.2, 0) is 24.0 Å². The van der Waals surface area contributed by atoms with E-state index in [1.54, 1.807) is 54.9 Å². The molecule has 0 radical (unpaired) electrons. The molecule has 4 rings (SSSR count). The summed E-state index contributed by atoms with van der Waals surface area (Å²) in [5.41, 5.74) is 1.65. The lowest BCUT2D eigenvalue weighted by atomic mass is 9.99. The van der Waals surface area contributed by atoms with Crippen LogP contribution in [0.3, 0.4) is 0 Å². The molecule has 0 atom stereocenters. The van der Waals surface area contributed by atoms with E-state index in [-0.39, 0.29) is 19.0 Å². The quantitative estimate of drug-likeness (QED) is 0.503. The zero-order valence-electron chi connectivity index (χ0n) is 18.3. The third-order valence-corrected chi connectivity index (χ3v) is 4.93. The first-order chi connectivity index (χ1) is 15.0. The summed E-state index contributed by atoms with van der Waals surface area (Å²) in [4.78, 5) is 21.8. The fourth-order valence-electron chi connectivity index (χ4n) is 3.53. The minimum Gasteiger partial charge on any atom is -0.444 e. The molecule has 1 aliphatic heterocycles. The normalized spacial score (nSPS) is 13.8. The zero-order valence-corrected chi connectivity index (χ0v) is 19.1. The molecule has 0 saturated carbocycles. The van der Waals surface area contributed by atoms with Crippen LogP contribution in [0.15, 0.2) is 42.9 Å². The summed E-state index contributed by atoms with van der Waals surface area (Å²) in [5.74, 6) is 0. The van der Waals surface area contributed by atoms with E-state index in [0.29, 0.717) is 24.3 Å². The Hall–Kier alpha value is -3.14. The smallest absolute Gasteiger partial charge is 0.433 e. The van der Waals surface area contributed by atoms with Gasteiger partial charge in [0.15, 0.2) is 0 Å². The van der Waals surface area contributed by atoms with Gasteiger partial charge in [0.05, 0.1) is 18.8 Å². The van der Waals surface area contributed by atoms with Crippen LogP contribution in [0.1, 0.15) is 32.2 Å². The largest absolute Gasteiger partial charge is 0.444 e. The van der Waals surface area contributed by atoms with Crippen molar-refractivity contribution in [3.63, 3.8) is 0 Å². The molecule has 33 heavy (non-hydrogen) atoms. The van der Waals surface area contributed by atoms with Gasteiger partial charge in [-0.05, 0) is 50.6 Å². The first kappa shape index (κ1) is 24.5. The number of carbonyl (C=O) groups excluding carboxylic acids is 1. The molecular weight excluding hydrogens is 459 g/mol. The van der Waals surface area contributed by atoms with Crippen LogP contribution in [-0.4, -0.2) is 42.9 Å². The van der Waals surface area contributed by atoms with Crippen molar-refractivity contribution in [1.29, 1.82) is 0 Å². The molecule has 0 bridgehead atoms. The van der Waals surface area contributed by atoms with E-state index < -0.39 is 23.6 Å². The Balaban J connectivity index is 0.00000306. The molecular formula is C22H23ClF3N5O2. The summed E-state index contributed by atoms with van der Waals surface area (Å²) in [6.45, 7) is 6.50. The third-order valence-electron chi connectivity index (χ3n) is 4.93. The van der Waals surface area contributed by atoms with E-state index in [0.717, 1.165) is 22.9 Å². The van der Waals surface area contributed by atoms with Gasteiger partial charge in [0, 0.05) is 36.3 Å². The van der Waals surface area contributed by atoms with Crippen LogP contribution >= 0.6 is 12.4 Å². The van der Waals surface area contributed by atoms with Gasteiger partial charge in [-0.3, -0.25) is 14.6 Å². The van der Waals surface area contributed by atoms with E-state index in [4.69, 9.17) is 4.74 Å². The number of alkyl halides is 3. The van der Waals surface area contributed by atoms with Gasteiger partial charge in [-0.25, -0.2) is 4.79 Å². The Bertz CT molecular complexity index is 1130. The first-order valence-electron chi connectivity index (χ1n) is 10.0. The van der Waals surface area contributed by atoms with E-state index in [9.17, 15) is 18.0 Å². The van der Waals surface area contributed by atoms with Crippen molar-refractivity contribution in [2.45, 2.75) is 45.6 Å². The van der Waals surface area contributed by atoms with Crippen LogP contribution < -0.4 is 0 Å². The predicted molar refractivity (Wildman–Crippen MR) is 118 cm³/mol. The number of ether oxygens (including phenoxy) is 1. The summed E-state index contributed by atoms with van der Waals surface area (Å²) in [6.07, 6.45) is -0.518. The highest BCUT2D eigenvalue weighted by molar-refractivity contribution is 5.85. The molecule has 0 unspecified atom stereocenters. The molecule has 7 nitrogen and oxygen atoms in total. The van der Waals surface area contributed by atoms with Crippen molar-refractivity contribution in [3.05, 3.63) is 54.2 Å². The van der Waals surface area contributed by atoms with E-state index >= 15 is 0 Å². The van der Waals surface area contributed by atoms with E-state index in [2.05, 4.69) is 15.1 Å². The van der Waals surface area contributed by atoms with Crippen molar-refractivity contribution in [1.82, 2.24) is 24.6 Å². The van der Waals surface area contributed by atoms with Crippen molar-refractivity contribution < 1.29 is 22.7 Å². The average Bonchev–Trinajstić information content (AvgIpc) is 3.11. The molecule has 176 valence electrons. The Labute approximate surface area is 195 Å². The van der Waals surface area contributed by atoms with Gasteiger partial charge in [0.1, 0.15) is 17.0 Å². The highest BCUT2D eigenvalue weighted by atomic mass is 35.5. The number of aromatic nitrogens is 4. The van der Waals surface area contributed by atoms with Crippen LogP contribution in [0.25, 0.3) is 22.4 Å². The number of halogens is 4. The maximum absolute atomic E-state index is 12.9. The number of nitrogens with zero attached hydrogens (tertiary/aromatic N) is 5. The topological polar surface area (TPSA) is 73.1 Å². The van der Waals surface area contributed by atoms with Crippen LogP contribution in [0, 0.1) is 0 Å². The van der Waals surface area contributed by atoms with Crippen LogP contribution in [0.5, 0.6) is 0 Å². The van der Waals surface area contributed by atoms with E-state index in [1.165, 1.54) is 12.3 Å². The van der Waals surface area contributed by atoms with E-state index in [1.807, 2.05) is 0 Å². The minimum atomic E-state index is -4.52. The number of pyridine rings is 2. The van der Waals surface area contributed by atoms with Crippen molar-refractivity contribution >= 4 is 18.5 Å². The number of hydrogen-bond acceptors (Lipinski definition) is 5. The Morgan fingerprint density at radius 3 is 2.30 bits per heavy atom. The molecule has 0 aliphatic carbocycles. The highest BCUT2D eigenvalue weighted by Gasteiger charge is 2.33. The molecule has 3 aromatic rings. The maximum Gasteiger partial charge on any atom is 0.433 e. The predicted octanol–water partition coefficient (Wildman–Crippen LogP) is 5.20. The second kappa shape index (κ2) is 9.01.